The summed E-state index contributed by atoms with van der Waals surface area (Å²) in [6.45, 7) is 0.789. The quantitative estimate of drug-likeness (QED) is 0.580. The molecule has 0 aliphatic rings. The van der Waals surface area contributed by atoms with E-state index >= 15 is 0 Å². The van der Waals surface area contributed by atoms with E-state index in [0.29, 0.717) is 0 Å². The second-order valence-corrected chi connectivity index (χ2v) is 3.13. The predicted octanol–water partition coefficient (Wildman–Crippen LogP) is 1.06. The van der Waals surface area contributed by atoms with Gasteiger partial charge in [0, 0.05) is 5.38 Å². The highest BCUT2D eigenvalue weighted by atomic mass is 32.1. The van der Waals surface area contributed by atoms with Gasteiger partial charge in [0.15, 0.2) is 0 Å². The van der Waals surface area contributed by atoms with Gasteiger partial charge in [-0.3, -0.25) is 4.90 Å². The van der Waals surface area contributed by atoms with Crippen LogP contribution in [-0.4, -0.2) is 30.5 Å². The molecular weight excluding hydrogens is 156 g/mol. The van der Waals surface area contributed by atoms with Gasteiger partial charge in [-0.25, -0.2) is 4.98 Å². The number of nitrogens with zero attached hydrogens (tertiary/aromatic N) is 2. The van der Waals surface area contributed by atoms with Gasteiger partial charge in [-0.05, 0) is 20.0 Å². The molecule has 1 aromatic heterocycles. The van der Waals surface area contributed by atoms with Gasteiger partial charge in [-0.1, -0.05) is 5.92 Å². The first-order chi connectivity index (χ1) is 5.29. The van der Waals surface area contributed by atoms with Crippen LogP contribution >= 0.6 is 11.3 Å². The fourth-order valence-corrected chi connectivity index (χ4v) is 1.05. The molecule has 0 atom stereocenters. The largest absolute Gasteiger partial charge is 0.299 e. The molecule has 58 valence electrons. The molecule has 0 radical (unpaired) electrons. The fraction of sp³-hybridized carbons (Fsp3) is 0.375. The Balaban J connectivity index is 2.46. The van der Waals surface area contributed by atoms with E-state index in [2.05, 4.69) is 16.8 Å². The van der Waals surface area contributed by atoms with Crippen LogP contribution in [0.3, 0.4) is 0 Å². The van der Waals surface area contributed by atoms with Crippen LogP contribution in [0, 0.1) is 11.8 Å². The van der Waals surface area contributed by atoms with Gasteiger partial charge in [-0.15, -0.1) is 11.3 Å². The summed E-state index contributed by atoms with van der Waals surface area (Å²) >= 11 is 1.57. The Kier molecular flexibility index (Phi) is 3.09. The van der Waals surface area contributed by atoms with E-state index in [4.69, 9.17) is 0 Å². The van der Waals surface area contributed by atoms with E-state index in [1.54, 1.807) is 16.8 Å². The predicted molar refractivity (Wildman–Crippen MR) is 47.5 cm³/mol. The van der Waals surface area contributed by atoms with E-state index in [0.717, 1.165) is 12.2 Å². The molecule has 0 unspecified atom stereocenters. The van der Waals surface area contributed by atoms with E-state index in [1.165, 1.54) is 0 Å². The summed E-state index contributed by atoms with van der Waals surface area (Å²) in [4.78, 5) is 6.07. The molecule has 2 nitrogen and oxygen atoms in total. The Bertz CT molecular complexity index is 253. The van der Waals surface area contributed by atoms with Crippen molar-refractivity contribution in [3.63, 3.8) is 0 Å². The van der Waals surface area contributed by atoms with Crippen molar-refractivity contribution in [3.8, 4) is 11.8 Å². The number of hydrogen-bond donors (Lipinski definition) is 0. The molecule has 0 spiro atoms. The van der Waals surface area contributed by atoms with E-state index in [-0.39, 0.29) is 0 Å². The zero-order valence-corrected chi connectivity index (χ0v) is 7.48. The molecule has 0 N–H and O–H groups in total. The molecule has 0 aromatic carbocycles. The van der Waals surface area contributed by atoms with Gasteiger partial charge in [0.05, 0.1) is 12.1 Å². The van der Waals surface area contributed by atoms with Crippen LogP contribution in [0.25, 0.3) is 0 Å². The first kappa shape index (κ1) is 8.25. The van der Waals surface area contributed by atoms with Gasteiger partial charge in [0.2, 0.25) is 0 Å². The van der Waals surface area contributed by atoms with Gasteiger partial charge in [0.25, 0.3) is 0 Å². The summed E-state index contributed by atoms with van der Waals surface area (Å²) in [7, 11) is 3.99. The summed E-state index contributed by atoms with van der Waals surface area (Å²) in [6, 6.07) is 0. The lowest BCUT2D eigenvalue weighted by Crippen LogP contribution is -2.10. The van der Waals surface area contributed by atoms with Crippen LogP contribution in [0.2, 0.25) is 0 Å². The summed E-state index contributed by atoms with van der Waals surface area (Å²) in [5, 5.41) is 1.95. The summed E-state index contributed by atoms with van der Waals surface area (Å²) in [6.07, 6.45) is 0. The molecule has 0 amide bonds. The van der Waals surface area contributed by atoms with Crippen molar-refractivity contribution in [3.05, 3.63) is 16.6 Å². The highest BCUT2D eigenvalue weighted by molar-refractivity contribution is 7.07. The van der Waals surface area contributed by atoms with E-state index in [9.17, 15) is 0 Å². The van der Waals surface area contributed by atoms with Gasteiger partial charge in [0.1, 0.15) is 5.69 Å². The van der Waals surface area contributed by atoms with Crippen LogP contribution in [-0.2, 0) is 0 Å². The lowest BCUT2D eigenvalue weighted by Gasteiger charge is -2.00. The van der Waals surface area contributed by atoms with Crippen molar-refractivity contribution in [2.75, 3.05) is 20.6 Å². The van der Waals surface area contributed by atoms with Crippen LogP contribution in [0.5, 0.6) is 0 Å². The molecule has 0 bridgehead atoms. The van der Waals surface area contributed by atoms with Crippen LogP contribution in [0.15, 0.2) is 10.9 Å². The monoisotopic (exact) mass is 166 g/mol. The maximum absolute atomic E-state index is 4.04. The van der Waals surface area contributed by atoms with Crippen molar-refractivity contribution in [2.45, 2.75) is 0 Å². The lowest BCUT2D eigenvalue weighted by molar-refractivity contribution is 0.464. The molecule has 0 fully saturated rings. The topological polar surface area (TPSA) is 16.1 Å². The Labute approximate surface area is 70.9 Å². The SMILES string of the molecule is CN(C)CC#Cc1cscn1. The van der Waals surface area contributed by atoms with Crippen molar-refractivity contribution in [1.29, 1.82) is 0 Å². The van der Waals surface area contributed by atoms with Crippen molar-refractivity contribution < 1.29 is 0 Å². The lowest BCUT2D eigenvalue weighted by atomic mass is 10.4. The third-order valence-corrected chi connectivity index (χ3v) is 1.63. The summed E-state index contributed by atoms with van der Waals surface area (Å²) < 4.78 is 0. The van der Waals surface area contributed by atoms with Gasteiger partial charge < -0.3 is 0 Å². The first-order valence-corrected chi connectivity index (χ1v) is 4.25. The minimum absolute atomic E-state index is 0.789. The highest BCUT2D eigenvalue weighted by Crippen LogP contribution is 1.97. The maximum atomic E-state index is 4.04. The average Bonchev–Trinajstić information content (AvgIpc) is 2.39. The Morgan fingerprint density at radius 2 is 2.45 bits per heavy atom. The molecule has 0 aliphatic heterocycles. The zero-order chi connectivity index (χ0) is 8.10. The number of aromatic nitrogens is 1. The Hall–Kier alpha value is -0.850. The molecular formula is C8H10N2S. The standard InChI is InChI=1S/C8H10N2S/c1-10(2)5-3-4-8-6-11-7-9-8/h6-7H,5H2,1-2H3. The van der Waals surface area contributed by atoms with E-state index < -0.39 is 0 Å². The molecule has 1 aromatic rings. The minimum atomic E-state index is 0.789. The second kappa shape index (κ2) is 4.12. The Morgan fingerprint density at radius 3 is 3.00 bits per heavy atom. The highest BCUT2D eigenvalue weighted by Gasteiger charge is 1.85. The molecule has 0 aliphatic carbocycles. The van der Waals surface area contributed by atoms with Gasteiger partial charge >= 0.3 is 0 Å². The molecule has 11 heavy (non-hydrogen) atoms. The normalized spacial score (nSPS) is 9.36. The zero-order valence-electron chi connectivity index (χ0n) is 6.66. The second-order valence-electron chi connectivity index (χ2n) is 2.41. The third kappa shape index (κ3) is 3.17. The molecule has 1 heterocycles. The number of thiazole rings is 1. The summed E-state index contributed by atoms with van der Waals surface area (Å²) in [5.74, 6) is 5.97. The number of rotatable bonds is 1. The molecule has 0 saturated carbocycles. The van der Waals surface area contributed by atoms with Crippen molar-refractivity contribution in [2.24, 2.45) is 0 Å². The van der Waals surface area contributed by atoms with Crippen molar-refractivity contribution in [1.82, 2.24) is 9.88 Å². The molecule has 3 heteroatoms. The smallest absolute Gasteiger partial charge is 0.124 e. The van der Waals surface area contributed by atoms with Crippen molar-refractivity contribution >= 4 is 11.3 Å². The van der Waals surface area contributed by atoms with Crippen LogP contribution in [0.1, 0.15) is 5.69 Å². The summed E-state index contributed by atoms with van der Waals surface area (Å²) in [5.41, 5.74) is 2.66. The number of hydrogen-bond acceptors (Lipinski definition) is 3. The molecule has 1 rings (SSSR count). The van der Waals surface area contributed by atoms with Crippen LogP contribution < -0.4 is 0 Å². The first-order valence-electron chi connectivity index (χ1n) is 3.31. The third-order valence-electron chi connectivity index (χ3n) is 1.04. The maximum Gasteiger partial charge on any atom is 0.124 e. The molecule has 0 saturated heterocycles. The fourth-order valence-electron chi connectivity index (χ4n) is 0.562. The minimum Gasteiger partial charge on any atom is -0.299 e. The Morgan fingerprint density at radius 1 is 1.64 bits per heavy atom. The van der Waals surface area contributed by atoms with E-state index in [1.807, 2.05) is 24.4 Å². The van der Waals surface area contributed by atoms with Gasteiger partial charge in [-0.2, -0.15) is 0 Å². The van der Waals surface area contributed by atoms with Crippen LogP contribution in [0.4, 0.5) is 0 Å². The average molecular weight is 166 g/mol.